The Hall–Kier alpha value is -2.04. The standard InChI is InChI=1S/C19H29N3O2/c1-3-20-19(21-13-8-11-18(23)24-4-2)22-14-12-17(15-22)16-9-6-5-7-10-16/h5-7,9-10,17H,3-4,8,11-15H2,1-2H3,(H,20,21). The average molecular weight is 331 g/mol. The molecule has 1 aliphatic rings. The molecule has 1 N–H and O–H groups in total. The molecule has 0 spiro atoms. The summed E-state index contributed by atoms with van der Waals surface area (Å²) in [6.45, 7) is 7.86. The first-order valence-electron chi connectivity index (χ1n) is 8.98. The third-order valence-corrected chi connectivity index (χ3v) is 4.20. The van der Waals surface area contributed by atoms with Crippen molar-refractivity contribution in [3.63, 3.8) is 0 Å². The molecule has 1 heterocycles. The third kappa shape index (κ3) is 5.55. The Labute approximate surface area is 145 Å². The molecule has 1 unspecified atom stereocenters. The lowest BCUT2D eigenvalue weighted by atomic mass is 9.99. The van der Waals surface area contributed by atoms with Gasteiger partial charge in [-0.15, -0.1) is 0 Å². The van der Waals surface area contributed by atoms with Crippen LogP contribution in [0.4, 0.5) is 0 Å². The molecule has 2 rings (SSSR count). The fourth-order valence-electron chi connectivity index (χ4n) is 3.02. The van der Waals surface area contributed by atoms with Gasteiger partial charge in [-0.05, 0) is 32.3 Å². The third-order valence-electron chi connectivity index (χ3n) is 4.20. The molecule has 1 atom stereocenters. The maximum absolute atomic E-state index is 11.4. The summed E-state index contributed by atoms with van der Waals surface area (Å²) in [4.78, 5) is 18.4. The Morgan fingerprint density at radius 1 is 1.33 bits per heavy atom. The molecule has 1 fully saturated rings. The van der Waals surface area contributed by atoms with E-state index in [2.05, 4.69) is 52.5 Å². The molecule has 0 amide bonds. The van der Waals surface area contributed by atoms with E-state index >= 15 is 0 Å². The lowest BCUT2D eigenvalue weighted by molar-refractivity contribution is -0.143. The number of likely N-dealkylation sites (tertiary alicyclic amines) is 1. The maximum atomic E-state index is 11.4. The second-order valence-corrected chi connectivity index (χ2v) is 5.99. The second-order valence-electron chi connectivity index (χ2n) is 5.99. The number of carbonyl (C=O) groups is 1. The predicted molar refractivity (Wildman–Crippen MR) is 97.2 cm³/mol. The number of carbonyl (C=O) groups excluding carboxylic acids is 1. The van der Waals surface area contributed by atoms with Gasteiger partial charge in [0.05, 0.1) is 6.61 Å². The van der Waals surface area contributed by atoms with Crippen LogP contribution in [0.3, 0.4) is 0 Å². The Balaban J connectivity index is 1.86. The van der Waals surface area contributed by atoms with E-state index in [0.29, 0.717) is 25.5 Å². The van der Waals surface area contributed by atoms with Crippen LogP contribution in [-0.2, 0) is 9.53 Å². The highest BCUT2D eigenvalue weighted by atomic mass is 16.5. The summed E-state index contributed by atoms with van der Waals surface area (Å²) in [6, 6.07) is 10.7. The van der Waals surface area contributed by atoms with Gasteiger partial charge in [-0.25, -0.2) is 0 Å². The molecule has 1 aromatic rings. The van der Waals surface area contributed by atoms with Gasteiger partial charge in [0.2, 0.25) is 0 Å². The van der Waals surface area contributed by atoms with E-state index in [1.165, 1.54) is 5.56 Å². The van der Waals surface area contributed by atoms with Crippen LogP contribution in [0.15, 0.2) is 35.3 Å². The Bertz CT molecular complexity index is 531. The van der Waals surface area contributed by atoms with Gasteiger partial charge in [-0.3, -0.25) is 9.79 Å². The minimum absolute atomic E-state index is 0.136. The number of guanidine groups is 1. The van der Waals surface area contributed by atoms with Crippen molar-refractivity contribution in [3.8, 4) is 0 Å². The van der Waals surface area contributed by atoms with Crippen LogP contribution in [-0.4, -0.2) is 49.6 Å². The molecule has 1 saturated heterocycles. The number of esters is 1. The zero-order valence-electron chi connectivity index (χ0n) is 14.8. The summed E-state index contributed by atoms with van der Waals surface area (Å²) in [5, 5.41) is 3.37. The minimum Gasteiger partial charge on any atom is -0.466 e. The molecule has 0 aromatic heterocycles. The SMILES string of the molecule is CCNC(=NCCCC(=O)OCC)N1CCC(c2ccccc2)C1. The van der Waals surface area contributed by atoms with E-state index < -0.39 is 0 Å². The molecule has 24 heavy (non-hydrogen) atoms. The van der Waals surface area contributed by atoms with E-state index in [-0.39, 0.29) is 5.97 Å². The Morgan fingerprint density at radius 3 is 2.83 bits per heavy atom. The summed E-state index contributed by atoms with van der Waals surface area (Å²) in [6.07, 6.45) is 2.31. The van der Waals surface area contributed by atoms with Crippen LogP contribution >= 0.6 is 0 Å². The van der Waals surface area contributed by atoms with Crippen molar-refractivity contribution in [1.29, 1.82) is 0 Å². The molecule has 0 saturated carbocycles. The van der Waals surface area contributed by atoms with E-state index in [4.69, 9.17) is 4.74 Å². The highest BCUT2D eigenvalue weighted by Crippen LogP contribution is 2.26. The summed E-state index contributed by atoms with van der Waals surface area (Å²) in [7, 11) is 0. The highest BCUT2D eigenvalue weighted by molar-refractivity contribution is 5.80. The van der Waals surface area contributed by atoms with Gasteiger partial charge in [0, 0.05) is 38.5 Å². The quantitative estimate of drug-likeness (QED) is 0.361. The molecule has 1 aromatic carbocycles. The minimum atomic E-state index is -0.136. The lowest BCUT2D eigenvalue weighted by Gasteiger charge is -2.21. The highest BCUT2D eigenvalue weighted by Gasteiger charge is 2.25. The van der Waals surface area contributed by atoms with Crippen molar-refractivity contribution in [1.82, 2.24) is 10.2 Å². The molecule has 5 heteroatoms. The fraction of sp³-hybridized carbons (Fsp3) is 0.579. The molecule has 0 radical (unpaired) electrons. The number of ether oxygens (including phenoxy) is 1. The van der Waals surface area contributed by atoms with Crippen molar-refractivity contribution >= 4 is 11.9 Å². The number of benzene rings is 1. The number of nitrogens with zero attached hydrogens (tertiary/aromatic N) is 2. The van der Waals surface area contributed by atoms with Gasteiger partial charge in [0.15, 0.2) is 5.96 Å². The number of nitrogens with one attached hydrogen (secondary N) is 1. The van der Waals surface area contributed by atoms with Crippen molar-refractivity contribution in [2.75, 3.05) is 32.8 Å². The Kier molecular flexibility index (Phi) is 7.59. The smallest absolute Gasteiger partial charge is 0.305 e. The lowest BCUT2D eigenvalue weighted by Crippen LogP contribution is -2.40. The first kappa shape index (κ1) is 18.3. The maximum Gasteiger partial charge on any atom is 0.305 e. The first-order chi connectivity index (χ1) is 11.7. The Morgan fingerprint density at radius 2 is 2.12 bits per heavy atom. The monoisotopic (exact) mass is 331 g/mol. The van der Waals surface area contributed by atoms with E-state index in [1.807, 2.05) is 6.92 Å². The molecule has 1 aliphatic heterocycles. The van der Waals surface area contributed by atoms with Gasteiger partial charge >= 0.3 is 5.97 Å². The molecular weight excluding hydrogens is 302 g/mol. The molecular formula is C19H29N3O2. The number of rotatable bonds is 7. The average Bonchev–Trinajstić information content (AvgIpc) is 3.08. The van der Waals surface area contributed by atoms with E-state index in [9.17, 15) is 4.79 Å². The zero-order chi connectivity index (χ0) is 17.2. The van der Waals surface area contributed by atoms with Crippen molar-refractivity contribution in [2.45, 2.75) is 39.0 Å². The van der Waals surface area contributed by atoms with Gasteiger partial charge in [-0.2, -0.15) is 0 Å². The molecule has 5 nitrogen and oxygen atoms in total. The summed E-state index contributed by atoms with van der Waals surface area (Å²) in [5.74, 6) is 1.39. The first-order valence-corrected chi connectivity index (χ1v) is 8.98. The van der Waals surface area contributed by atoms with Crippen LogP contribution in [0, 0.1) is 0 Å². The van der Waals surface area contributed by atoms with Crippen LogP contribution < -0.4 is 5.32 Å². The van der Waals surface area contributed by atoms with E-state index in [0.717, 1.165) is 38.4 Å². The van der Waals surface area contributed by atoms with Crippen molar-refractivity contribution in [2.24, 2.45) is 4.99 Å². The van der Waals surface area contributed by atoms with Gasteiger partial charge < -0.3 is 15.0 Å². The van der Waals surface area contributed by atoms with Gasteiger partial charge in [0.1, 0.15) is 0 Å². The van der Waals surface area contributed by atoms with Crippen molar-refractivity contribution in [3.05, 3.63) is 35.9 Å². The predicted octanol–water partition coefficient (Wildman–Crippen LogP) is 2.78. The topological polar surface area (TPSA) is 53.9 Å². The molecule has 0 aliphatic carbocycles. The van der Waals surface area contributed by atoms with Gasteiger partial charge in [0.25, 0.3) is 0 Å². The van der Waals surface area contributed by atoms with Crippen LogP contribution in [0.5, 0.6) is 0 Å². The van der Waals surface area contributed by atoms with E-state index in [1.54, 1.807) is 0 Å². The molecule has 0 bridgehead atoms. The molecule has 132 valence electrons. The number of hydrogen-bond acceptors (Lipinski definition) is 3. The normalized spacial score (nSPS) is 17.8. The summed E-state index contributed by atoms with van der Waals surface area (Å²) < 4.78 is 4.95. The van der Waals surface area contributed by atoms with Crippen LogP contribution in [0.25, 0.3) is 0 Å². The zero-order valence-corrected chi connectivity index (χ0v) is 14.8. The summed E-state index contributed by atoms with van der Waals surface area (Å²) in [5.41, 5.74) is 1.40. The van der Waals surface area contributed by atoms with Crippen molar-refractivity contribution < 1.29 is 9.53 Å². The van der Waals surface area contributed by atoms with Crippen LogP contribution in [0.2, 0.25) is 0 Å². The summed E-state index contributed by atoms with van der Waals surface area (Å²) >= 11 is 0. The second kappa shape index (κ2) is 9.96. The number of aliphatic imine (C=N–C) groups is 1. The number of hydrogen-bond donors (Lipinski definition) is 1. The fourth-order valence-corrected chi connectivity index (χ4v) is 3.02. The van der Waals surface area contributed by atoms with Crippen LogP contribution in [0.1, 0.15) is 44.6 Å². The van der Waals surface area contributed by atoms with Gasteiger partial charge in [-0.1, -0.05) is 30.3 Å². The largest absolute Gasteiger partial charge is 0.466 e.